The number of benzene rings is 1. The largest absolute Gasteiger partial charge is 0.347 e. The highest BCUT2D eigenvalue weighted by molar-refractivity contribution is 5.84. The number of carbonyl (C=O) groups is 1. The molecule has 84 valence electrons. The molecular formula is C14H17NO. The lowest BCUT2D eigenvalue weighted by molar-refractivity contribution is -0.116. The van der Waals surface area contributed by atoms with Gasteiger partial charge in [-0.3, -0.25) is 4.79 Å². The summed E-state index contributed by atoms with van der Waals surface area (Å²) in [5.41, 5.74) is 2.36. The highest BCUT2D eigenvalue weighted by Gasteiger charge is 2.03. The molecule has 0 amide bonds. The average Bonchev–Trinajstić information content (AvgIpc) is 2.61. The summed E-state index contributed by atoms with van der Waals surface area (Å²) in [5.74, 6) is 0.215. The Morgan fingerprint density at radius 1 is 1.31 bits per heavy atom. The fourth-order valence-corrected chi connectivity index (χ4v) is 2.08. The number of rotatable bonds is 4. The number of ketones is 1. The van der Waals surface area contributed by atoms with Crippen LogP contribution in [0.1, 0.15) is 25.8 Å². The van der Waals surface area contributed by atoms with Gasteiger partial charge in [0.1, 0.15) is 5.78 Å². The molecule has 0 unspecified atom stereocenters. The second-order valence-electron chi connectivity index (χ2n) is 4.28. The quantitative estimate of drug-likeness (QED) is 0.767. The highest BCUT2D eigenvalue weighted by atomic mass is 16.1. The van der Waals surface area contributed by atoms with Crippen LogP contribution in [0.15, 0.2) is 30.5 Å². The van der Waals surface area contributed by atoms with Crippen molar-refractivity contribution in [2.45, 2.75) is 33.2 Å². The number of hydrogen-bond donors (Lipinski definition) is 0. The third-order valence-corrected chi connectivity index (χ3v) is 2.75. The van der Waals surface area contributed by atoms with Crippen LogP contribution in [-0.2, 0) is 17.8 Å². The number of nitrogens with zero attached hydrogens (tertiary/aromatic N) is 1. The second kappa shape index (κ2) is 4.52. The van der Waals surface area contributed by atoms with Crippen molar-refractivity contribution in [2.24, 2.45) is 0 Å². The summed E-state index contributed by atoms with van der Waals surface area (Å²) >= 11 is 0. The van der Waals surface area contributed by atoms with Crippen molar-refractivity contribution in [2.75, 3.05) is 0 Å². The lowest BCUT2D eigenvalue weighted by Crippen LogP contribution is -1.97. The molecule has 0 fully saturated rings. The zero-order valence-electron chi connectivity index (χ0n) is 9.86. The first kappa shape index (κ1) is 10.9. The maximum absolute atomic E-state index is 11.1. The van der Waals surface area contributed by atoms with Crippen LogP contribution in [0.2, 0.25) is 0 Å². The normalized spacial score (nSPS) is 10.9. The van der Waals surface area contributed by atoms with Gasteiger partial charge in [-0.1, -0.05) is 13.0 Å². The van der Waals surface area contributed by atoms with Crippen LogP contribution in [0.25, 0.3) is 10.9 Å². The topological polar surface area (TPSA) is 22.0 Å². The first-order valence-electron chi connectivity index (χ1n) is 5.78. The van der Waals surface area contributed by atoms with E-state index in [1.165, 1.54) is 10.9 Å². The Hall–Kier alpha value is -1.57. The molecule has 0 atom stereocenters. The van der Waals surface area contributed by atoms with E-state index in [0.717, 1.165) is 18.5 Å². The monoisotopic (exact) mass is 215 g/mol. The Bertz CT molecular complexity index is 510. The van der Waals surface area contributed by atoms with Gasteiger partial charge in [0.2, 0.25) is 0 Å². The van der Waals surface area contributed by atoms with Crippen LogP contribution in [-0.4, -0.2) is 10.4 Å². The van der Waals surface area contributed by atoms with E-state index in [-0.39, 0.29) is 5.78 Å². The van der Waals surface area contributed by atoms with Crippen molar-refractivity contribution in [3.05, 3.63) is 36.0 Å². The third kappa shape index (κ3) is 2.16. The fraction of sp³-hybridized carbons (Fsp3) is 0.357. The second-order valence-corrected chi connectivity index (χ2v) is 4.28. The van der Waals surface area contributed by atoms with Crippen LogP contribution >= 0.6 is 0 Å². The van der Waals surface area contributed by atoms with Gasteiger partial charge in [0.25, 0.3) is 0 Å². The molecule has 0 radical (unpaired) electrons. The minimum Gasteiger partial charge on any atom is -0.347 e. The number of hydrogen-bond acceptors (Lipinski definition) is 1. The Kier molecular flexibility index (Phi) is 3.09. The summed E-state index contributed by atoms with van der Waals surface area (Å²) in [6.07, 6.45) is 3.79. The lowest BCUT2D eigenvalue weighted by Gasteiger charge is -2.03. The summed E-state index contributed by atoms with van der Waals surface area (Å²) in [6, 6.07) is 8.40. The number of carbonyl (C=O) groups excluding carboxylic acids is 1. The SMILES string of the molecule is CCCn1ccc2cc(CC(C)=O)ccc21. The maximum atomic E-state index is 11.1. The Morgan fingerprint density at radius 2 is 2.12 bits per heavy atom. The molecule has 1 aromatic heterocycles. The molecule has 1 aromatic carbocycles. The summed E-state index contributed by atoms with van der Waals surface area (Å²) < 4.78 is 2.26. The van der Waals surface area contributed by atoms with Crippen molar-refractivity contribution < 1.29 is 4.79 Å². The number of fused-ring (bicyclic) bond motifs is 1. The number of aromatic nitrogens is 1. The van der Waals surface area contributed by atoms with Crippen LogP contribution in [0.3, 0.4) is 0 Å². The van der Waals surface area contributed by atoms with Crippen LogP contribution in [0.5, 0.6) is 0 Å². The first-order valence-corrected chi connectivity index (χ1v) is 5.78. The molecule has 16 heavy (non-hydrogen) atoms. The molecule has 1 heterocycles. The summed E-state index contributed by atoms with van der Waals surface area (Å²) in [5, 5.41) is 1.23. The molecule has 2 aromatic rings. The molecule has 0 saturated carbocycles. The molecule has 0 aliphatic rings. The van der Waals surface area contributed by atoms with Crippen LogP contribution in [0.4, 0.5) is 0 Å². The van der Waals surface area contributed by atoms with Crippen molar-refractivity contribution in [3.8, 4) is 0 Å². The predicted molar refractivity (Wildman–Crippen MR) is 66.6 cm³/mol. The van der Waals surface area contributed by atoms with Crippen molar-refractivity contribution in [3.63, 3.8) is 0 Å². The van der Waals surface area contributed by atoms with E-state index in [4.69, 9.17) is 0 Å². The average molecular weight is 215 g/mol. The van der Waals surface area contributed by atoms with E-state index in [9.17, 15) is 4.79 Å². The molecule has 0 spiro atoms. The summed E-state index contributed by atoms with van der Waals surface area (Å²) in [6.45, 7) is 4.86. The van der Waals surface area contributed by atoms with Crippen LogP contribution in [0, 0.1) is 0 Å². The van der Waals surface area contributed by atoms with Gasteiger partial charge in [-0.25, -0.2) is 0 Å². The van der Waals surface area contributed by atoms with Gasteiger partial charge in [0.15, 0.2) is 0 Å². The molecule has 0 N–H and O–H groups in total. The summed E-state index contributed by atoms with van der Waals surface area (Å²) in [7, 11) is 0. The van der Waals surface area contributed by atoms with E-state index in [0.29, 0.717) is 6.42 Å². The zero-order chi connectivity index (χ0) is 11.5. The van der Waals surface area contributed by atoms with Crippen molar-refractivity contribution in [1.82, 2.24) is 4.57 Å². The summed E-state index contributed by atoms with van der Waals surface area (Å²) in [4.78, 5) is 11.1. The van der Waals surface area contributed by atoms with Gasteiger partial charge in [-0.2, -0.15) is 0 Å². The third-order valence-electron chi connectivity index (χ3n) is 2.75. The Morgan fingerprint density at radius 3 is 2.81 bits per heavy atom. The van der Waals surface area contributed by atoms with Crippen LogP contribution < -0.4 is 0 Å². The van der Waals surface area contributed by atoms with E-state index in [1.54, 1.807) is 6.92 Å². The molecular weight excluding hydrogens is 198 g/mol. The molecule has 0 aliphatic carbocycles. The standard InChI is InChI=1S/C14H17NO/c1-3-7-15-8-6-13-10-12(9-11(2)16)4-5-14(13)15/h4-6,8,10H,3,7,9H2,1-2H3. The fourth-order valence-electron chi connectivity index (χ4n) is 2.08. The van der Waals surface area contributed by atoms with Gasteiger partial charge >= 0.3 is 0 Å². The molecule has 2 nitrogen and oxygen atoms in total. The molecule has 0 saturated heterocycles. The van der Waals surface area contributed by atoms with Crippen molar-refractivity contribution in [1.29, 1.82) is 0 Å². The minimum absolute atomic E-state index is 0.215. The Labute approximate surface area is 95.9 Å². The predicted octanol–water partition coefficient (Wildman–Crippen LogP) is 3.18. The first-order chi connectivity index (χ1) is 7.70. The van der Waals surface area contributed by atoms with Gasteiger partial charge in [0, 0.05) is 24.7 Å². The lowest BCUT2D eigenvalue weighted by atomic mass is 10.1. The van der Waals surface area contributed by atoms with Crippen molar-refractivity contribution >= 4 is 16.7 Å². The van der Waals surface area contributed by atoms with Gasteiger partial charge in [0.05, 0.1) is 0 Å². The van der Waals surface area contributed by atoms with Gasteiger partial charge in [-0.05, 0) is 42.5 Å². The Balaban J connectivity index is 2.37. The van der Waals surface area contributed by atoms with Gasteiger partial charge < -0.3 is 4.57 Å². The molecule has 0 bridgehead atoms. The van der Waals surface area contributed by atoms with E-state index in [1.807, 2.05) is 0 Å². The molecule has 2 heteroatoms. The number of aryl methyl sites for hydroxylation is 1. The molecule has 2 rings (SSSR count). The number of Topliss-reactive ketones (excluding diaryl/α,β-unsaturated/α-hetero) is 1. The maximum Gasteiger partial charge on any atom is 0.134 e. The highest BCUT2D eigenvalue weighted by Crippen LogP contribution is 2.18. The smallest absolute Gasteiger partial charge is 0.134 e. The van der Waals surface area contributed by atoms with E-state index >= 15 is 0 Å². The van der Waals surface area contributed by atoms with Gasteiger partial charge in [-0.15, -0.1) is 0 Å². The van der Waals surface area contributed by atoms with E-state index in [2.05, 4.69) is 42.0 Å². The van der Waals surface area contributed by atoms with E-state index < -0.39 is 0 Å². The zero-order valence-corrected chi connectivity index (χ0v) is 9.86. The molecule has 0 aliphatic heterocycles. The minimum atomic E-state index is 0.215.